The summed E-state index contributed by atoms with van der Waals surface area (Å²) in [7, 11) is 0. The van der Waals surface area contributed by atoms with Crippen LogP contribution >= 0.6 is 0 Å². The van der Waals surface area contributed by atoms with Gasteiger partial charge in [0.2, 0.25) is 5.91 Å². The van der Waals surface area contributed by atoms with E-state index in [1.807, 2.05) is 31.2 Å². The Labute approximate surface area is 151 Å². The first-order chi connectivity index (χ1) is 12.5. The zero-order valence-corrected chi connectivity index (χ0v) is 14.8. The molecule has 2 atom stereocenters. The minimum absolute atomic E-state index is 0.0309. The molecule has 1 aliphatic carbocycles. The van der Waals surface area contributed by atoms with E-state index in [9.17, 15) is 9.59 Å². The maximum atomic E-state index is 12.6. The fourth-order valence-electron chi connectivity index (χ4n) is 3.22. The lowest BCUT2D eigenvalue weighted by Gasteiger charge is -2.08. The van der Waals surface area contributed by atoms with E-state index in [-0.39, 0.29) is 17.7 Å². The number of rotatable bonds is 4. The van der Waals surface area contributed by atoms with Gasteiger partial charge in [0.15, 0.2) is 0 Å². The highest BCUT2D eigenvalue weighted by molar-refractivity contribution is 6.06. The average Bonchev–Trinajstić information content (AvgIpc) is 3.22. The maximum Gasteiger partial charge on any atom is 0.255 e. The molecular weight excluding hydrogens is 326 g/mol. The minimum atomic E-state index is -0.201. The van der Waals surface area contributed by atoms with Crippen LogP contribution < -0.4 is 10.6 Å². The van der Waals surface area contributed by atoms with E-state index < -0.39 is 0 Å². The second-order valence-corrected chi connectivity index (χ2v) is 7.10. The van der Waals surface area contributed by atoms with Gasteiger partial charge in [0, 0.05) is 39.5 Å². The predicted molar refractivity (Wildman–Crippen MR) is 103 cm³/mol. The van der Waals surface area contributed by atoms with Gasteiger partial charge < -0.3 is 15.6 Å². The van der Waals surface area contributed by atoms with E-state index in [2.05, 4.69) is 22.5 Å². The van der Waals surface area contributed by atoms with E-state index >= 15 is 0 Å². The summed E-state index contributed by atoms with van der Waals surface area (Å²) in [5.41, 5.74) is 4.02. The van der Waals surface area contributed by atoms with Crippen molar-refractivity contribution >= 4 is 34.1 Å². The number of carbonyl (C=O) groups is 2. The molecule has 2 amide bonds. The Morgan fingerprint density at radius 1 is 1.04 bits per heavy atom. The molecular formula is C21H21N3O2. The zero-order valence-electron chi connectivity index (χ0n) is 14.8. The Kier molecular flexibility index (Phi) is 3.99. The van der Waals surface area contributed by atoms with Crippen LogP contribution in [0.1, 0.15) is 29.4 Å². The standard InChI is InChI=1S/C21H21N3O2/c1-12-8-18(12)21(26)24-16-5-3-4-14(10-16)20(25)23-17-6-7-19-15(11-17)9-13(2)22-19/h3-7,9-12,18,22H,8H2,1-2H3,(H,23,25)(H,24,26)/t12-,18-/m1/s1. The molecule has 0 bridgehead atoms. The Morgan fingerprint density at radius 2 is 1.81 bits per heavy atom. The van der Waals surface area contributed by atoms with Gasteiger partial charge in [-0.05, 0) is 61.7 Å². The Hall–Kier alpha value is -3.08. The van der Waals surface area contributed by atoms with Crippen molar-refractivity contribution in [1.29, 1.82) is 0 Å². The summed E-state index contributed by atoms with van der Waals surface area (Å²) in [6.07, 6.45) is 0.938. The van der Waals surface area contributed by atoms with Crippen molar-refractivity contribution < 1.29 is 9.59 Å². The minimum Gasteiger partial charge on any atom is -0.359 e. The van der Waals surface area contributed by atoms with Gasteiger partial charge in [0.1, 0.15) is 0 Å². The number of aryl methyl sites for hydroxylation is 1. The Morgan fingerprint density at radius 3 is 2.58 bits per heavy atom. The number of carbonyl (C=O) groups excluding carboxylic acids is 2. The molecule has 0 saturated heterocycles. The number of nitrogens with one attached hydrogen (secondary N) is 3. The molecule has 4 rings (SSSR count). The van der Waals surface area contributed by atoms with Crippen LogP contribution in [0.5, 0.6) is 0 Å². The molecule has 1 aromatic heterocycles. The smallest absolute Gasteiger partial charge is 0.255 e. The van der Waals surface area contributed by atoms with E-state index in [0.29, 0.717) is 17.2 Å². The largest absolute Gasteiger partial charge is 0.359 e. The van der Waals surface area contributed by atoms with Crippen molar-refractivity contribution in [3.8, 4) is 0 Å². The lowest BCUT2D eigenvalue weighted by atomic mass is 10.1. The van der Waals surface area contributed by atoms with Crippen molar-refractivity contribution in [3.63, 3.8) is 0 Å². The number of hydrogen-bond acceptors (Lipinski definition) is 2. The van der Waals surface area contributed by atoms with E-state index in [0.717, 1.165) is 28.7 Å². The summed E-state index contributed by atoms with van der Waals surface area (Å²) in [5, 5.41) is 6.87. The van der Waals surface area contributed by atoms with Crippen LogP contribution in [-0.4, -0.2) is 16.8 Å². The number of H-pyrrole nitrogens is 1. The molecule has 1 saturated carbocycles. The summed E-state index contributed by atoms with van der Waals surface area (Å²) in [6, 6.07) is 14.8. The van der Waals surface area contributed by atoms with Gasteiger partial charge in [-0.3, -0.25) is 9.59 Å². The van der Waals surface area contributed by atoms with E-state index in [4.69, 9.17) is 0 Å². The lowest BCUT2D eigenvalue weighted by Crippen LogP contribution is -2.16. The van der Waals surface area contributed by atoms with Gasteiger partial charge in [-0.1, -0.05) is 13.0 Å². The van der Waals surface area contributed by atoms with Crippen molar-refractivity contribution in [2.75, 3.05) is 10.6 Å². The van der Waals surface area contributed by atoms with Crippen molar-refractivity contribution in [2.24, 2.45) is 11.8 Å². The Balaban J connectivity index is 1.48. The highest BCUT2D eigenvalue weighted by Gasteiger charge is 2.39. The van der Waals surface area contributed by atoms with Gasteiger partial charge in [-0.25, -0.2) is 0 Å². The first-order valence-electron chi connectivity index (χ1n) is 8.81. The lowest BCUT2D eigenvalue weighted by molar-refractivity contribution is -0.117. The van der Waals surface area contributed by atoms with Crippen molar-refractivity contribution in [1.82, 2.24) is 4.98 Å². The molecule has 3 aromatic rings. The normalized spacial score (nSPS) is 18.5. The summed E-state index contributed by atoms with van der Waals surface area (Å²) >= 11 is 0. The van der Waals surface area contributed by atoms with Crippen LogP contribution in [0.25, 0.3) is 10.9 Å². The molecule has 132 valence electrons. The van der Waals surface area contributed by atoms with Gasteiger partial charge >= 0.3 is 0 Å². The second kappa shape index (κ2) is 6.33. The summed E-state index contributed by atoms with van der Waals surface area (Å²) in [6.45, 7) is 4.07. The molecule has 1 aliphatic rings. The summed E-state index contributed by atoms with van der Waals surface area (Å²) in [4.78, 5) is 27.9. The molecule has 26 heavy (non-hydrogen) atoms. The number of aromatic nitrogens is 1. The monoisotopic (exact) mass is 347 g/mol. The van der Waals surface area contributed by atoms with E-state index in [1.165, 1.54) is 0 Å². The number of hydrogen-bond donors (Lipinski definition) is 3. The highest BCUT2D eigenvalue weighted by atomic mass is 16.2. The van der Waals surface area contributed by atoms with Crippen LogP contribution in [0.2, 0.25) is 0 Å². The van der Waals surface area contributed by atoms with Gasteiger partial charge in [-0.2, -0.15) is 0 Å². The number of amides is 2. The number of benzene rings is 2. The van der Waals surface area contributed by atoms with Crippen molar-refractivity contribution in [2.45, 2.75) is 20.3 Å². The Bertz CT molecular complexity index is 1010. The first-order valence-corrected chi connectivity index (χ1v) is 8.81. The van der Waals surface area contributed by atoms with Crippen LogP contribution in [0.3, 0.4) is 0 Å². The zero-order chi connectivity index (χ0) is 18.3. The molecule has 0 unspecified atom stereocenters. The average molecular weight is 347 g/mol. The molecule has 0 aliphatic heterocycles. The molecule has 5 nitrogen and oxygen atoms in total. The van der Waals surface area contributed by atoms with Gasteiger partial charge in [0.25, 0.3) is 5.91 Å². The maximum absolute atomic E-state index is 12.6. The van der Waals surface area contributed by atoms with Crippen LogP contribution in [0.4, 0.5) is 11.4 Å². The number of fused-ring (bicyclic) bond motifs is 1. The molecule has 1 fully saturated rings. The predicted octanol–water partition coefficient (Wildman–Crippen LogP) is 4.32. The third-order valence-corrected chi connectivity index (χ3v) is 4.85. The van der Waals surface area contributed by atoms with Crippen LogP contribution in [-0.2, 0) is 4.79 Å². The highest BCUT2D eigenvalue weighted by Crippen LogP contribution is 2.38. The first kappa shape index (κ1) is 16.4. The quantitative estimate of drug-likeness (QED) is 0.657. The SMILES string of the molecule is Cc1cc2cc(NC(=O)c3cccc(NC(=O)[C@@H]4C[C@H]4C)c3)ccc2[nH]1. The molecule has 3 N–H and O–H groups in total. The number of aromatic amines is 1. The molecule has 0 spiro atoms. The summed E-state index contributed by atoms with van der Waals surface area (Å²) < 4.78 is 0. The molecule has 1 heterocycles. The number of anilines is 2. The topological polar surface area (TPSA) is 74.0 Å². The fourth-order valence-corrected chi connectivity index (χ4v) is 3.22. The fraction of sp³-hybridized carbons (Fsp3) is 0.238. The second-order valence-electron chi connectivity index (χ2n) is 7.10. The third-order valence-electron chi connectivity index (χ3n) is 4.85. The van der Waals surface area contributed by atoms with Crippen molar-refractivity contribution in [3.05, 3.63) is 59.8 Å². The molecule has 2 aromatic carbocycles. The third kappa shape index (κ3) is 3.33. The van der Waals surface area contributed by atoms with Gasteiger partial charge in [-0.15, -0.1) is 0 Å². The molecule has 5 heteroatoms. The van der Waals surface area contributed by atoms with E-state index in [1.54, 1.807) is 24.3 Å². The molecule has 0 radical (unpaired) electrons. The van der Waals surface area contributed by atoms with Crippen LogP contribution in [0, 0.1) is 18.8 Å². The van der Waals surface area contributed by atoms with Gasteiger partial charge in [0.05, 0.1) is 0 Å². The summed E-state index contributed by atoms with van der Waals surface area (Å²) in [5.74, 6) is 0.383. The van der Waals surface area contributed by atoms with Crippen LogP contribution in [0.15, 0.2) is 48.5 Å².